The summed E-state index contributed by atoms with van der Waals surface area (Å²) in [5.74, 6) is -0.242. The van der Waals surface area contributed by atoms with Crippen molar-refractivity contribution >= 4 is 23.2 Å². The fourth-order valence-corrected chi connectivity index (χ4v) is 1.90. The highest BCUT2D eigenvalue weighted by Crippen LogP contribution is 2.18. The summed E-state index contributed by atoms with van der Waals surface area (Å²) >= 11 is 5.89. The largest absolute Gasteiger partial charge is 0.322 e. The molecule has 1 heterocycles. The molecule has 0 spiro atoms. The van der Waals surface area contributed by atoms with E-state index in [1.165, 1.54) is 0 Å². The number of nitrogens with one attached hydrogen (secondary N) is 1. The average Bonchev–Trinajstić information content (AvgIpc) is 2.39. The zero-order valence-corrected chi connectivity index (χ0v) is 10.7. The molecule has 0 saturated heterocycles. The Labute approximate surface area is 111 Å². The summed E-state index contributed by atoms with van der Waals surface area (Å²) in [4.78, 5) is 16.0. The maximum Gasteiger partial charge on any atom is 0.258 e. The number of para-hydroxylation sites is 1. The van der Waals surface area contributed by atoms with Crippen molar-refractivity contribution in [3.63, 3.8) is 0 Å². The molecule has 4 heteroatoms. The molecule has 0 unspecified atom stereocenters. The van der Waals surface area contributed by atoms with E-state index in [9.17, 15) is 4.79 Å². The van der Waals surface area contributed by atoms with Crippen molar-refractivity contribution in [2.45, 2.75) is 13.3 Å². The van der Waals surface area contributed by atoms with E-state index < -0.39 is 0 Å². The quantitative estimate of drug-likeness (QED) is 0.858. The number of aryl methyl sites for hydroxylation is 1. The summed E-state index contributed by atoms with van der Waals surface area (Å²) in [6, 6.07) is 11.0. The molecule has 2 aromatic rings. The van der Waals surface area contributed by atoms with Crippen molar-refractivity contribution in [3.05, 3.63) is 58.9 Å². The van der Waals surface area contributed by atoms with Crippen molar-refractivity contribution in [2.24, 2.45) is 0 Å². The van der Waals surface area contributed by atoms with Gasteiger partial charge >= 0.3 is 0 Å². The van der Waals surface area contributed by atoms with Gasteiger partial charge in [0.1, 0.15) is 5.15 Å². The van der Waals surface area contributed by atoms with Gasteiger partial charge in [-0.05, 0) is 30.2 Å². The molecular formula is C14H13ClN2O. The highest BCUT2D eigenvalue weighted by atomic mass is 35.5. The van der Waals surface area contributed by atoms with Gasteiger partial charge in [-0.25, -0.2) is 4.98 Å². The van der Waals surface area contributed by atoms with Crippen LogP contribution in [0.25, 0.3) is 0 Å². The molecule has 0 aliphatic rings. The second kappa shape index (κ2) is 5.65. The molecule has 0 aliphatic carbocycles. The molecule has 0 saturated carbocycles. The Morgan fingerprint density at radius 2 is 2.06 bits per heavy atom. The normalized spacial score (nSPS) is 10.1. The van der Waals surface area contributed by atoms with Gasteiger partial charge in [-0.15, -0.1) is 0 Å². The Morgan fingerprint density at radius 3 is 2.78 bits per heavy atom. The zero-order valence-electron chi connectivity index (χ0n) is 9.98. The molecule has 0 aliphatic heterocycles. The van der Waals surface area contributed by atoms with Crippen LogP contribution in [0.4, 0.5) is 5.69 Å². The number of nitrogens with zero attached hydrogens (tertiary/aromatic N) is 1. The highest BCUT2D eigenvalue weighted by molar-refractivity contribution is 6.33. The van der Waals surface area contributed by atoms with E-state index in [0.29, 0.717) is 5.56 Å². The fourth-order valence-electron chi connectivity index (χ4n) is 1.70. The second-order valence-electron chi connectivity index (χ2n) is 3.81. The Bertz CT molecular complexity index is 569. The van der Waals surface area contributed by atoms with Crippen molar-refractivity contribution in [1.82, 2.24) is 4.98 Å². The van der Waals surface area contributed by atoms with Crippen molar-refractivity contribution in [2.75, 3.05) is 5.32 Å². The molecule has 0 bridgehead atoms. The number of aromatic nitrogens is 1. The van der Waals surface area contributed by atoms with E-state index in [1.54, 1.807) is 18.3 Å². The predicted octanol–water partition coefficient (Wildman–Crippen LogP) is 3.55. The summed E-state index contributed by atoms with van der Waals surface area (Å²) in [6.07, 6.45) is 2.41. The SMILES string of the molecule is CCc1ccccc1NC(=O)c1cccnc1Cl. The molecule has 18 heavy (non-hydrogen) atoms. The number of benzene rings is 1. The molecule has 1 aromatic heterocycles. The van der Waals surface area contributed by atoms with E-state index in [2.05, 4.69) is 10.3 Å². The summed E-state index contributed by atoms with van der Waals surface area (Å²) in [5.41, 5.74) is 2.28. The molecule has 1 amide bonds. The third-order valence-electron chi connectivity index (χ3n) is 2.65. The molecular weight excluding hydrogens is 248 g/mol. The lowest BCUT2D eigenvalue weighted by molar-refractivity contribution is 0.102. The Kier molecular flexibility index (Phi) is 3.95. The van der Waals surface area contributed by atoms with Gasteiger partial charge < -0.3 is 5.32 Å². The predicted molar refractivity (Wildman–Crippen MR) is 73.0 cm³/mol. The van der Waals surface area contributed by atoms with Gasteiger partial charge in [-0.3, -0.25) is 4.79 Å². The lowest BCUT2D eigenvalue weighted by atomic mass is 10.1. The summed E-state index contributed by atoms with van der Waals surface area (Å²) in [6.45, 7) is 2.04. The van der Waals surface area contributed by atoms with Crippen LogP contribution in [0.5, 0.6) is 0 Å². The Hall–Kier alpha value is -1.87. The van der Waals surface area contributed by atoms with Crippen LogP contribution in [0, 0.1) is 0 Å². The molecule has 1 N–H and O–H groups in total. The smallest absolute Gasteiger partial charge is 0.258 e. The van der Waals surface area contributed by atoms with Gasteiger partial charge in [0.2, 0.25) is 0 Å². The minimum absolute atomic E-state index is 0.212. The molecule has 92 valence electrons. The number of halogens is 1. The van der Waals surface area contributed by atoms with Crippen LogP contribution >= 0.6 is 11.6 Å². The first-order chi connectivity index (χ1) is 8.72. The number of amides is 1. The average molecular weight is 261 g/mol. The maximum absolute atomic E-state index is 12.1. The van der Waals surface area contributed by atoms with Crippen LogP contribution in [0.1, 0.15) is 22.8 Å². The first-order valence-corrected chi connectivity index (χ1v) is 6.10. The van der Waals surface area contributed by atoms with Crippen molar-refractivity contribution in [3.8, 4) is 0 Å². The third kappa shape index (κ3) is 2.68. The topological polar surface area (TPSA) is 42.0 Å². The molecule has 2 rings (SSSR count). The van der Waals surface area contributed by atoms with Gasteiger partial charge in [0, 0.05) is 11.9 Å². The third-order valence-corrected chi connectivity index (χ3v) is 2.95. The number of anilines is 1. The minimum atomic E-state index is -0.242. The lowest BCUT2D eigenvalue weighted by Crippen LogP contribution is -2.14. The molecule has 0 atom stereocenters. The van der Waals surface area contributed by atoms with E-state index in [1.807, 2.05) is 31.2 Å². The molecule has 3 nitrogen and oxygen atoms in total. The number of carbonyl (C=O) groups excluding carboxylic acids is 1. The lowest BCUT2D eigenvalue weighted by Gasteiger charge is -2.09. The number of pyridine rings is 1. The zero-order chi connectivity index (χ0) is 13.0. The first-order valence-electron chi connectivity index (χ1n) is 5.72. The summed E-state index contributed by atoms with van der Waals surface area (Å²) < 4.78 is 0. The molecule has 0 fully saturated rings. The van der Waals surface area contributed by atoms with Gasteiger partial charge in [0.05, 0.1) is 5.56 Å². The first kappa shape index (κ1) is 12.6. The number of rotatable bonds is 3. The van der Waals surface area contributed by atoms with E-state index in [-0.39, 0.29) is 11.1 Å². The van der Waals surface area contributed by atoms with Gasteiger partial charge in [-0.2, -0.15) is 0 Å². The van der Waals surface area contributed by atoms with Crippen LogP contribution in [0.15, 0.2) is 42.6 Å². The maximum atomic E-state index is 12.1. The van der Waals surface area contributed by atoms with Crippen LogP contribution in [-0.2, 0) is 6.42 Å². The number of hydrogen-bond acceptors (Lipinski definition) is 2. The monoisotopic (exact) mass is 260 g/mol. The number of carbonyl (C=O) groups is 1. The fraction of sp³-hybridized carbons (Fsp3) is 0.143. The van der Waals surface area contributed by atoms with Crippen molar-refractivity contribution in [1.29, 1.82) is 0 Å². The van der Waals surface area contributed by atoms with Crippen LogP contribution in [0.2, 0.25) is 5.15 Å². The molecule has 0 radical (unpaired) electrons. The minimum Gasteiger partial charge on any atom is -0.322 e. The standard InChI is InChI=1S/C14H13ClN2O/c1-2-10-6-3-4-8-12(10)17-14(18)11-7-5-9-16-13(11)15/h3-9H,2H2,1H3,(H,17,18). The van der Waals surface area contributed by atoms with Gasteiger partial charge in [-0.1, -0.05) is 36.7 Å². The second-order valence-corrected chi connectivity index (χ2v) is 4.16. The highest BCUT2D eigenvalue weighted by Gasteiger charge is 2.11. The molecule has 1 aromatic carbocycles. The van der Waals surface area contributed by atoms with Crippen LogP contribution in [-0.4, -0.2) is 10.9 Å². The van der Waals surface area contributed by atoms with Gasteiger partial charge in [0.25, 0.3) is 5.91 Å². The van der Waals surface area contributed by atoms with Crippen molar-refractivity contribution < 1.29 is 4.79 Å². The van der Waals surface area contributed by atoms with E-state index in [0.717, 1.165) is 17.7 Å². The van der Waals surface area contributed by atoms with E-state index >= 15 is 0 Å². The summed E-state index contributed by atoms with van der Waals surface area (Å²) in [5, 5.41) is 3.07. The van der Waals surface area contributed by atoms with Crippen LogP contribution < -0.4 is 5.32 Å². The van der Waals surface area contributed by atoms with E-state index in [4.69, 9.17) is 11.6 Å². The Morgan fingerprint density at radius 1 is 1.28 bits per heavy atom. The van der Waals surface area contributed by atoms with Gasteiger partial charge in [0.15, 0.2) is 0 Å². The van der Waals surface area contributed by atoms with Crippen LogP contribution in [0.3, 0.4) is 0 Å². The summed E-state index contributed by atoms with van der Waals surface area (Å²) in [7, 11) is 0. The number of hydrogen-bond donors (Lipinski definition) is 1. The Balaban J connectivity index is 2.24.